The average Bonchev–Trinajstić information content (AvgIpc) is 2.57. The number of benzene rings is 1. The zero-order valence-electron chi connectivity index (χ0n) is 9.82. The summed E-state index contributed by atoms with van der Waals surface area (Å²) < 4.78 is 26.4. The van der Waals surface area contributed by atoms with Crippen molar-refractivity contribution in [1.29, 1.82) is 5.39 Å². The van der Waals surface area contributed by atoms with Crippen LogP contribution in [0.3, 0.4) is 0 Å². The molecule has 18 heavy (non-hydrogen) atoms. The van der Waals surface area contributed by atoms with E-state index in [4.69, 9.17) is 5.39 Å². The van der Waals surface area contributed by atoms with Gasteiger partial charge in [0.1, 0.15) is 0 Å². The van der Waals surface area contributed by atoms with Crippen molar-refractivity contribution in [1.82, 2.24) is 8.61 Å². The first-order valence-corrected chi connectivity index (χ1v) is 6.59. The largest absolute Gasteiger partial charge is 1.00 e. The highest BCUT2D eigenvalue weighted by atomic mass is 35.5. The molecule has 8 heteroatoms. The summed E-state index contributed by atoms with van der Waals surface area (Å²) in [4.78, 5) is 3.04. The molecule has 1 aliphatic rings. The highest BCUT2D eigenvalue weighted by molar-refractivity contribution is 7.86. The molecule has 98 valence electrons. The zero-order valence-corrected chi connectivity index (χ0v) is 11.4. The summed E-state index contributed by atoms with van der Waals surface area (Å²) in [6.45, 7) is 1.37. The molecule has 0 aromatic heterocycles. The third kappa shape index (κ3) is 2.79. The number of nitrogens with zero attached hydrogens (tertiary/aromatic N) is 4. The molecule has 1 aromatic rings. The second-order valence-electron chi connectivity index (χ2n) is 3.93. The van der Waals surface area contributed by atoms with E-state index in [9.17, 15) is 8.42 Å². The Balaban J connectivity index is 0.00000162. The molecule has 2 rings (SSSR count). The highest BCUT2D eigenvalue weighted by Gasteiger charge is 2.33. The molecule has 6 nitrogen and oxygen atoms in total. The van der Waals surface area contributed by atoms with Gasteiger partial charge in [-0.3, -0.25) is 0 Å². The minimum atomic E-state index is -3.29. The van der Waals surface area contributed by atoms with E-state index in [2.05, 4.69) is 4.98 Å². The molecule has 0 bridgehead atoms. The van der Waals surface area contributed by atoms with Crippen molar-refractivity contribution in [2.24, 2.45) is 0 Å². The van der Waals surface area contributed by atoms with E-state index in [1.165, 1.54) is 8.61 Å². The van der Waals surface area contributed by atoms with Crippen LogP contribution in [0.25, 0.3) is 4.98 Å². The molecule has 1 aliphatic heterocycles. The molecule has 0 amide bonds. The number of halogens is 1. The number of likely N-dealkylation sites (N-methyl/N-ethyl adjacent to an activating group) is 1. The highest BCUT2D eigenvalue weighted by Crippen LogP contribution is 2.19. The van der Waals surface area contributed by atoms with Crippen LogP contribution in [0.1, 0.15) is 5.56 Å². The van der Waals surface area contributed by atoms with E-state index in [-0.39, 0.29) is 12.4 Å². The fourth-order valence-electron chi connectivity index (χ4n) is 1.71. The normalized spacial score (nSPS) is 19.1. The van der Waals surface area contributed by atoms with Crippen LogP contribution in [0.15, 0.2) is 24.3 Å². The number of hydrogen-bond acceptors (Lipinski definition) is 3. The molecule has 1 saturated heterocycles. The summed E-state index contributed by atoms with van der Waals surface area (Å²) in [5.74, 6) is 0. The molecular formula is C10H13ClN4O2S. The monoisotopic (exact) mass is 288 g/mol. The Morgan fingerprint density at radius 2 is 1.89 bits per heavy atom. The van der Waals surface area contributed by atoms with E-state index in [0.717, 1.165) is 5.56 Å². The van der Waals surface area contributed by atoms with Crippen molar-refractivity contribution < 1.29 is 20.8 Å². The van der Waals surface area contributed by atoms with Gasteiger partial charge in [0, 0.05) is 38.8 Å². The predicted molar refractivity (Wildman–Crippen MR) is 63.1 cm³/mol. The van der Waals surface area contributed by atoms with Crippen LogP contribution in [0.4, 0.5) is 5.69 Å². The summed E-state index contributed by atoms with van der Waals surface area (Å²) >= 11 is 0. The van der Waals surface area contributed by atoms with E-state index in [1.807, 2.05) is 0 Å². The second-order valence-corrected chi connectivity index (χ2v) is 5.96. The maximum absolute atomic E-state index is 11.8. The molecule has 0 atom stereocenters. The molecule has 0 saturated carbocycles. The van der Waals surface area contributed by atoms with Gasteiger partial charge in [0.05, 0.1) is 0 Å². The van der Waals surface area contributed by atoms with E-state index in [1.54, 1.807) is 31.3 Å². The third-order valence-corrected chi connectivity index (χ3v) is 4.73. The Morgan fingerprint density at radius 3 is 2.33 bits per heavy atom. The van der Waals surface area contributed by atoms with Crippen molar-refractivity contribution in [3.63, 3.8) is 0 Å². The summed E-state index contributed by atoms with van der Waals surface area (Å²) in [5, 5.41) is 8.54. The molecule has 1 fully saturated rings. The van der Waals surface area contributed by atoms with Gasteiger partial charge in [-0.15, -0.1) is 0 Å². The molecular weight excluding hydrogens is 276 g/mol. The van der Waals surface area contributed by atoms with Crippen LogP contribution >= 0.6 is 0 Å². The van der Waals surface area contributed by atoms with Gasteiger partial charge in [0.25, 0.3) is 10.2 Å². The van der Waals surface area contributed by atoms with Gasteiger partial charge in [-0.1, -0.05) is 0 Å². The van der Waals surface area contributed by atoms with Crippen LogP contribution < -0.4 is 12.4 Å². The van der Waals surface area contributed by atoms with Crippen molar-refractivity contribution in [3.8, 4) is 0 Å². The van der Waals surface area contributed by atoms with Gasteiger partial charge in [-0.05, 0) is 17.7 Å². The number of rotatable bonds is 2. The topological polar surface area (TPSA) is 68.8 Å². The quantitative estimate of drug-likeness (QED) is 0.601. The Hall–Kier alpha value is -1.20. The Morgan fingerprint density at radius 1 is 1.28 bits per heavy atom. The standard InChI is InChI=1S/C10H13N4O2S.ClH/c1-13-6-7-14(17(13,15)16)8-9-2-4-10(12-11)5-3-9;/h2-5H,6-8H2,1H3;1H/q+1;/p-1. The molecule has 0 aliphatic carbocycles. The first-order valence-electron chi connectivity index (χ1n) is 5.19. The molecule has 1 aromatic carbocycles. The first-order chi connectivity index (χ1) is 8.04. The minimum absolute atomic E-state index is 0. The fraction of sp³-hybridized carbons (Fsp3) is 0.400. The van der Waals surface area contributed by atoms with Crippen LogP contribution in [0.2, 0.25) is 0 Å². The lowest BCUT2D eigenvalue weighted by Crippen LogP contribution is -3.00. The lowest BCUT2D eigenvalue weighted by molar-refractivity contribution is -0.00000629. The maximum Gasteiger partial charge on any atom is 0.385 e. The molecule has 0 spiro atoms. The Labute approximate surface area is 112 Å². The van der Waals surface area contributed by atoms with Gasteiger partial charge < -0.3 is 12.4 Å². The minimum Gasteiger partial charge on any atom is -1.00 e. The smallest absolute Gasteiger partial charge is 0.385 e. The van der Waals surface area contributed by atoms with Gasteiger partial charge in [-0.25, -0.2) is 0 Å². The van der Waals surface area contributed by atoms with Gasteiger partial charge >= 0.3 is 5.69 Å². The van der Waals surface area contributed by atoms with Crippen molar-refractivity contribution >= 4 is 15.9 Å². The van der Waals surface area contributed by atoms with E-state index in [0.29, 0.717) is 25.3 Å². The third-order valence-electron chi connectivity index (χ3n) is 2.80. The SMILES string of the molecule is CN1CCN(Cc2ccc([N+]#N)cc2)S1(=O)=O.[Cl-]. The maximum atomic E-state index is 11.8. The van der Waals surface area contributed by atoms with E-state index < -0.39 is 10.2 Å². The zero-order chi connectivity index (χ0) is 12.5. The second kappa shape index (κ2) is 5.63. The Bertz CT molecular complexity index is 552. The Kier molecular flexibility index (Phi) is 4.65. The van der Waals surface area contributed by atoms with Crippen LogP contribution in [-0.2, 0) is 16.8 Å². The predicted octanol–water partition coefficient (Wildman–Crippen LogP) is -1.83. The van der Waals surface area contributed by atoms with Crippen LogP contribution in [0, 0.1) is 5.39 Å². The van der Waals surface area contributed by atoms with Crippen LogP contribution in [0.5, 0.6) is 0 Å². The van der Waals surface area contributed by atoms with Gasteiger partial charge in [0.15, 0.2) is 4.98 Å². The average molecular weight is 289 g/mol. The summed E-state index contributed by atoms with van der Waals surface area (Å²) in [6, 6.07) is 6.79. The molecule has 1 heterocycles. The fourth-order valence-corrected chi connectivity index (χ4v) is 3.04. The summed E-state index contributed by atoms with van der Waals surface area (Å²) in [5.41, 5.74) is 1.33. The van der Waals surface area contributed by atoms with Crippen molar-refractivity contribution in [2.45, 2.75) is 6.54 Å². The van der Waals surface area contributed by atoms with Gasteiger partial charge in [-0.2, -0.15) is 17.0 Å². The summed E-state index contributed by atoms with van der Waals surface area (Å²) in [7, 11) is -1.71. The number of diazo groups is 1. The molecule has 0 N–H and O–H groups in total. The summed E-state index contributed by atoms with van der Waals surface area (Å²) in [6.07, 6.45) is 0. The van der Waals surface area contributed by atoms with E-state index >= 15 is 0 Å². The lowest BCUT2D eigenvalue weighted by atomic mass is 10.2. The van der Waals surface area contributed by atoms with Crippen LogP contribution in [-0.4, -0.2) is 37.2 Å². The van der Waals surface area contributed by atoms with Gasteiger partial charge in [0.2, 0.25) is 5.39 Å². The first kappa shape index (κ1) is 14.9. The number of hydrogen-bond donors (Lipinski definition) is 0. The molecule has 0 radical (unpaired) electrons. The van der Waals surface area contributed by atoms with Crippen molar-refractivity contribution in [3.05, 3.63) is 34.8 Å². The lowest BCUT2D eigenvalue weighted by Gasteiger charge is -2.15. The molecule has 0 unspecified atom stereocenters. The van der Waals surface area contributed by atoms with Crippen molar-refractivity contribution in [2.75, 3.05) is 20.1 Å².